The Morgan fingerprint density at radius 3 is 2.29 bits per heavy atom. The van der Waals surface area contributed by atoms with Crippen LogP contribution in [0.3, 0.4) is 0 Å². The van der Waals surface area contributed by atoms with E-state index in [0.29, 0.717) is 17.5 Å². The molecule has 1 aromatic carbocycles. The lowest BCUT2D eigenvalue weighted by atomic mass is 10.0. The van der Waals surface area contributed by atoms with Gasteiger partial charge in [0, 0.05) is 12.0 Å². The van der Waals surface area contributed by atoms with Crippen molar-refractivity contribution in [3.63, 3.8) is 0 Å². The number of aromatic hydroxyl groups is 1. The molecule has 0 aliphatic carbocycles. The second-order valence-corrected chi connectivity index (χ2v) is 7.80. The molecule has 0 bridgehead atoms. The number of nitrogens with one attached hydrogen (secondary N) is 1. The first-order valence-corrected chi connectivity index (χ1v) is 11.6. The van der Waals surface area contributed by atoms with E-state index in [2.05, 4.69) is 15.3 Å². The first-order valence-electron chi connectivity index (χ1n) is 11.6. The monoisotopic (exact) mass is 487 g/mol. The quantitative estimate of drug-likeness (QED) is 0.241. The van der Waals surface area contributed by atoms with E-state index in [-0.39, 0.29) is 43.7 Å². The van der Waals surface area contributed by atoms with Crippen LogP contribution >= 0.6 is 0 Å². The fraction of sp³-hybridized carbons (Fsp3) is 0.458. The summed E-state index contributed by atoms with van der Waals surface area (Å²) in [6.45, 7) is 3.77. The van der Waals surface area contributed by atoms with E-state index in [1.165, 1.54) is 0 Å². The van der Waals surface area contributed by atoms with Gasteiger partial charge in [-0.2, -0.15) is 9.97 Å². The maximum absolute atomic E-state index is 12.7. The fourth-order valence-corrected chi connectivity index (χ4v) is 3.43. The molecule has 6 N–H and O–H groups in total. The summed E-state index contributed by atoms with van der Waals surface area (Å²) in [6.07, 6.45) is 2.90. The molecule has 11 heteroatoms. The average Bonchev–Trinajstić information content (AvgIpc) is 2.81. The number of aryl methyl sites for hydroxylation is 1. The van der Waals surface area contributed by atoms with Gasteiger partial charge in [-0.25, -0.2) is 4.79 Å². The number of aromatic nitrogens is 2. The van der Waals surface area contributed by atoms with E-state index in [4.69, 9.17) is 20.9 Å². The van der Waals surface area contributed by atoms with Crippen molar-refractivity contribution >= 4 is 29.6 Å². The summed E-state index contributed by atoms with van der Waals surface area (Å²) in [7, 11) is 0. The molecule has 0 fully saturated rings. The first-order chi connectivity index (χ1) is 16.7. The molecule has 1 aromatic heterocycles. The number of hydrogen-bond donors (Lipinski definition) is 4. The number of nitrogen functional groups attached to an aromatic ring is 2. The Morgan fingerprint density at radius 2 is 1.66 bits per heavy atom. The van der Waals surface area contributed by atoms with Gasteiger partial charge in [0.25, 0.3) is 5.91 Å². The minimum absolute atomic E-state index is 0.0115. The van der Waals surface area contributed by atoms with Gasteiger partial charge in [-0.3, -0.25) is 9.59 Å². The molecule has 11 nitrogen and oxygen atoms in total. The van der Waals surface area contributed by atoms with E-state index < -0.39 is 23.9 Å². The third-order valence-corrected chi connectivity index (χ3v) is 5.21. The van der Waals surface area contributed by atoms with Crippen LogP contribution in [0.5, 0.6) is 5.88 Å². The van der Waals surface area contributed by atoms with Crippen molar-refractivity contribution in [3.05, 3.63) is 41.0 Å². The summed E-state index contributed by atoms with van der Waals surface area (Å²) < 4.78 is 9.90. The molecule has 2 aromatic rings. The number of amides is 1. The minimum atomic E-state index is -0.951. The zero-order chi connectivity index (χ0) is 25.8. The Kier molecular flexibility index (Phi) is 10.7. The number of unbranched alkanes of at least 4 members (excludes halogenated alkanes) is 1. The standard InChI is InChI=1S/C24H33N5O6/c1-3-34-19(30)14-13-18(23(33)35-4-2)27-21(31)16-11-9-15(10-12-16)7-5-6-8-17-20(25)28-24(26)29-22(17)32/h9-12,18H,3-8,13-14H2,1-2H3,(H,27,31)(H5,25,26,28,29,32)/t18-/m0/s1. The molecule has 1 heterocycles. The summed E-state index contributed by atoms with van der Waals surface area (Å²) in [5.41, 5.74) is 13.1. The molecular weight excluding hydrogens is 454 g/mol. The second kappa shape index (κ2) is 13.7. The van der Waals surface area contributed by atoms with Crippen LogP contribution in [0.2, 0.25) is 0 Å². The molecule has 1 amide bonds. The number of carbonyl (C=O) groups is 3. The van der Waals surface area contributed by atoms with Gasteiger partial charge in [-0.05, 0) is 63.6 Å². The van der Waals surface area contributed by atoms with Crippen molar-refractivity contribution < 1.29 is 29.0 Å². The summed E-state index contributed by atoms with van der Waals surface area (Å²) in [5, 5.41) is 12.5. The maximum atomic E-state index is 12.7. The normalized spacial score (nSPS) is 11.5. The average molecular weight is 488 g/mol. The van der Waals surface area contributed by atoms with Crippen molar-refractivity contribution in [1.29, 1.82) is 0 Å². The SMILES string of the molecule is CCOC(=O)CC[C@H](NC(=O)c1ccc(CCCCc2c(N)nc(N)nc2O)cc1)C(=O)OCC. The summed E-state index contributed by atoms with van der Waals surface area (Å²) in [5.74, 6) is -1.57. The number of benzene rings is 1. The number of rotatable bonds is 13. The Morgan fingerprint density at radius 1 is 1.00 bits per heavy atom. The Hall–Kier alpha value is -3.89. The zero-order valence-electron chi connectivity index (χ0n) is 20.1. The number of anilines is 2. The number of nitrogens with two attached hydrogens (primary N) is 2. The third-order valence-electron chi connectivity index (χ3n) is 5.21. The first kappa shape index (κ1) is 27.4. The van der Waals surface area contributed by atoms with Gasteiger partial charge in [0.05, 0.1) is 18.8 Å². The van der Waals surface area contributed by atoms with Gasteiger partial charge in [0.15, 0.2) is 0 Å². The van der Waals surface area contributed by atoms with Gasteiger partial charge in [0.1, 0.15) is 11.9 Å². The highest BCUT2D eigenvalue weighted by Gasteiger charge is 2.24. The van der Waals surface area contributed by atoms with Gasteiger partial charge in [-0.1, -0.05) is 12.1 Å². The number of nitrogens with zero attached hydrogens (tertiary/aromatic N) is 2. The molecule has 0 aliphatic heterocycles. The largest absolute Gasteiger partial charge is 0.493 e. The fourth-order valence-electron chi connectivity index (χ4n) is 3.43. The predicted octanol–water partition coefficient (Wildman–Crippen LogP) is 1.92. The molecule has 190 valence electrons. The van der Waals surface area contributed by atoms with Crippen molar-refractivity contribution in [2.45, 2.75) is 58.4 Å². The predicted molar refractivity (Wildman–Crippen MR) is 129 cm³/mol. The van der Waals surface area contributed by atoms with Crippen LogP contribution in [0.1, 0.15) is 61.0 Å². The smallest absolute Gasteiger partial charge is 0.328 e. The highest BCUT2D eigenvalue weighted by Crippen LogP contribution is 2.23. The Labute approximate surface area is 204 Å². The summed E-state index contributed by atoms with van der Waals surface area (Å²) in [4.78, 5) is 44.1. The van der Waals surface area contributed by atoms with Crippen LogP contribution in [-0.2, 0) is 31.9 Å². The highest BCUT2D eigenvalue weighted by atomic mass is 16.5. The molecular formula is C24H33N5O6. The Balaban J connectivity index is 1.88. The van der Waals surface area contributed by atoms with E-state index in [1.54, 1.807) is 26.0 Å². The number of hydrogen-bond acceptors (Lipinski definition) is 10. The molecule has 2 rings (SSSR count). The number of carbonyl (C=O) groups excluding carboxylic acids is 3. The van der Waals surface area contributed by atoms with Crippen molar-refractivity contribution in [2.75, 3.05) is 24.7 Å². The number of esters is 2. The molecule has 0 unspecified atom stereocenters. The zero-order valence-corrected chi connectivity index (χ0v) is 20.1. The van der Waals surface area contributed by atoms with Crippen LogP contribution in [0.15, 0.2) is 24.3 Å². The molecule has 35 heavy (non-hydrogen) atoms. The molecule has 0 aliphatic rings. The second-order valence-electron chi connectivity index (χ2n) is 7.80. The van der Waals surface area contributed by atoms with E-state index in [1.807, 2.05) is 12.1 Å². The van der Waals surface area contributed by atoms with E-state index >= 15 is 0 Å². The lowest BCUT2D eigenvalue weighted by Gasteiger charge is -2.17. The highest BCUT2D eigenvalue weighted by molar-refractivity contribution is 5.96. The maximum Gasteiger partial charge on any atom is 0.328 e. The molecule has 0 saturated carbocycles. The van der Waals surface area contributed by atoms with Crippen molar-refractivity contribution in [2.24, 2.45) is 0 Å². The lowest BCUT2D eigenvalue weighted by Crippen LogP contribution is -2.42. The summed E-state index contributed by atoms with van der Waals surface area (Å²) >= 11 is 0. The van der Waals surface area contributed by atoms with E-state index in [9.17, 15) is 19.5 Å². The third kappa shape index (κ3) is 8.76. The molecule has 0 saturated heterocycles. The van der Waals surface area contributed by atoms with Gasteiger partial charge in [-0.15, -0.1) is 0 Å². The van der Waals surface area contributed by atoms with Gasteiger partial charge < -0.3 is 31.4 Å². The van der Waals surface area contributed by atoms with Crippen LogP contribution in [0.4, 0.5) is 11.8 Å². The van der Waals surface area contributed by atoms with Crippen LogP contribution < -0.4 is 16.8 Å². The Bertz CT molecular complexity index is 989. The molecule has 1 atom stereocenters. The van der Waals surface area contributed by atoms with Gasteiger partial charge in [0.2, 0.25) is 11.8 Å². The summed E-state index contributed by atoms with van der Waals surface area (Å²) in [6, 6.07) is 6.08. The topological polar surface area (TPSA) is 180 Å². The van der Waals surface area contributed by atoms with Crippen molar-refractivity contribution in [3.8, 4) is 5.88 Å². The molecule has 0 radical (unpaired) electrons. The van der Waals surface area contributed by atoms with Crippen LogP contribution in [0.25, 0.3) is 0 Å². The van der Waals surface area contributed by atoms with Crippen LogP contribution in [0, 0.1) is 0 Å². The van der Waals surface area contributed by atoms with Crippen molar-refractivity contribution in [1.82, 2.24) is 15.3 Å². The number of ether oxygens (including phenoxy) is 2. The van der Waals surface area contributed by atoms with Crippen LogP contribution in [-0.4, -0.2) is 52.2 Å². The molecule has 0 spiro atoms. The minimum Gasteiger partial charge on any atom is -0.493 e. The lowest BCUT2D eigenvalue weighted by molar-refractivity contribution is -0.146. The van der Waals surface area contributed by atoms with Gasteiger partial charge >= 0.3 is 11.9 Å². The van der Waals surface area contributed by atoms with E-state index in [0.717, 1.165) is 24.8 Å².